The van der Waals surface area contributed by atoms with E-state index in [1.54, 1.807) is 4.90 Å². The Kier molecular flexibility index (Phi) is 5.69. The third kappa shape index (κ3) is 4.06. The van der Waals surface area contributed by atoms with Gasteiger partial charge in [0.05, 0.1) is 11.6 Å². The average molecular weight is 401 g/mol. The zero-order valence-corrected chi connectivity index (χ0v) is 18.4. The van der Waals surface area contributed by atoms with Crippen LogP contribution in [-0.4, -0.2) is 54.6 Å². The quantitative estimate of drug-likeness (QED) is 0.809. The van der Waals surface area contributed by atoms with E-state index in [0.29, 0.717) is 30.5 Å². The smallest absolute Gasteiger partial charge is 0.234 e. The van der Waals surface area contributed by atoms with Gasteiger partial charge in [-0.1, -0.05) is 12.8 Å². The molecule has 1 saturated heterocycles. The van der Waals surface area contributed by atoms with Gasteiger partial charge in [0.25, 0.3) is 0 Å². The van der Waals surface area contributed by atoms with Crippen LogP contribution in [0, 0.1) is 11.3 Å². The normalized spacial score (nSPS) is 24.3. The molecule has 4 rings (SSSR count). The van der Waals surface area contributed by atoms with Crippen molar-refractivity contribution in [3.05, 3.63) is 6.20 Å². The number of hydrogen-bond acceptors (Lipinski definition) is 6. The Morgan fingerprint density at radius 3 is 2.59 bits per heavy atom. The summed E-state index contributed by atoms with van der Waals surface area (Å²) in [5.41, 5.74) is 0.376. The Labute approximate surface area is 174 Å². The van der Waals surface area contributed by atoms with Crippen molar-refractivity contribution in [3.8, 4) is 0 Å². The number of carbonyl (C=O) groups is 1. The molecule has 1 aromatic heterocycles. The van der Waals surface area contributed by atoms with Gasteiger partial charge in [-0.2, -0.15) is 4.98 Å². The van der Waals surface area contributed by atoms with E-state index in [1.165, 1.54) is 38.5 Å². The van der Waals surface area contributed by atoms with Crippen LogP contribution < -0.4 is 20.4 Å². The molecular formula is C22H36N6O. The fourth-order valence-corrected chi connectivity index (χ4v) is 5.20. The Balaban J connectivity index is 1.64. The lowest BCUT2D eigenvalue weighted by Gasteiger charge is -2.34. The molecule has 29 heavy (non-hydrogen) atoms. The van der Waals surface area contributed by atoms with Crippen LogP contribution in [0.5, 0.6) is 0 Å². The van der Waals surface area contributed by atoms with Crippen LogP contribution in [0.2, 0.25) is 0 Å². The second-order valence-electron chi connectivity index (χ2n) is 9.74. The molecule has 2 N–H and O–H groups in total. The van der Waals surface area contributed by atoms with E-state index in [4.69, 9.17) is 4.98 Å². The van der Waals surface area contributed by atoms with E-state index >= 15 is 0 Å². The number of nitrogens with one attached hydrogen (secondary N) is 2. The molecule has 0 spiro atoms. The van der Waals surface area contributed by atoms with E-state index in [2.05, 4.69) is 27.4 Å². The highest BCUT2D eigenvalue weighted by Gasteiger charge is 2.41. The molecule has 1 amide bonds. The number of fused-ring (bicyclic) bond motifs is 1. The largest absolute Gasteiger partial charge is 0.351 e. The lowest BCUT2D eigenvalue weighted by molar-refractivity contribution is -0.125. The number of nitrogens with zero attached hydrogens (tertiary/aromatic N) is 4. The summed E-state index contributed by atoms with van der Waals surface area (Å²) in [6.45, 7) is 9.20. The van der Waals surface area contributed by atoms with Gasteiger partial charge in [0.1, 0.15) is 5.69 Å². The van der Waals surface area contributed by atoms with Gasteiger partial charge in [0.15, 0.2) is 5.82 Å². The third-order valence-corrected chi connectivity index (χ3v) is 7.05. The summed E-state index contributed by atoms with van der Waals surface area (Å²) in [5, 5.41) is 6.99. The van der Waals surface area contributed by atoms with Gasteiger partial charge in [0, 0.05) is 25.7 Å². The number of anilines is 3. The number of rotatable bonds is 4. The van der Waals surface area contributed by atoms with Crippen LogP contribution in [0.15, 0.2) is 6.20 Å². The van der Waals surface area contributed by atoms with Crippen molar-refractivity contribution in [1.29, 1.82) is 0 Å². The summed E-state index contributed by atoms with van der Waals surface area (Å²) in [6, 6.07) is 0.786. The Bertz CT molecular complexity index is 739. The van der Waals surface area contributed by atoms with E-state index in [-0.39, 0.29) is 5.91 Å². The van der Waals surface area contributed by atoms with Crippen LogP contribution in [0.3, 0.4) is 0 Å². The summed E-state index contributed by atoms with van der Waals surface area (Å²) < 4.78 is 0. The molecule has 7 heteroatoms. The maximum absolute atomic E-state index is 13.1. The number of piperidine rings is 1. The second kappa shape index (κ2) is 8.09. The molecular weight excluding hydrogens is 364 g/mol. The highest BCUT2D eigenvalue weighted by Crippen LogP contribution is 2.40. The Morgan fingerprint density at radius 1 is 1.21 bits per heavy atom. The second-order valence-corrected chi connectivity index (χ2v) is 9.74. The van der Waals surface area contributed by atoms with Gasteiger partial charge in [-0.05, 0) is 65.5 Å². The highest BCUT2D eigenvalue weighted by atomic mass is 16.2. The minimum absolute atomic E-state index is 0.131. The van der Waals surface area contributed by atoms with Crippen LogP contribution in [0.25, 0.3) is 0 Å². The van der Waals surface area contributed by atoms with Crippen LogP contribution in [-0.2, 0) is 4.79 Å². The van der Waals surface area contributed by atoms with Gasteiger partial charge < -0.3 is 20.4 Å². The standard InChI is InChI=1S/C22H36N6O/c1-15(16-9-11-23-12-10-16)25-21-24-13-18-19(26-21)28(17-7-5-6-8-17)14-22(2,3)20(29)27(18)4/h13,15-17,23H,5-12,14H2,1-4H3,(H,24,25,26)/t15-/m1/s1. The van der Waals surface area contributed by atoms with Crippen molar-refractivity contribution >= 4 is 23.4 Å². The van der Waals surface area contributed by atoms with Crippen LogP contribution >= 0.6 is 0 Å². The molecule has 0 radical (unpaired) electrons. The molecule has 3 heterocycles. The topological polar surface area (TPSA) is 73.4 Å². The fraction of sp³-hybridized carbons (Fsp3) is 0.773. The van der Waals surface area contributed by atoms with E-state index < -0.39 is 5.41 Å². The number of carbonyl (C=O) groups excluding carboxylic acids is 1. The van der Waals surface area contributed by atoms with Crippen LogP contribution in [0.1, 0.15) is 59.3 Å². The number of aromatic nitrogens is 2. The summed E-state index contributed by atoms with van der Waals surface area (Å²) in [7, 11) is 1.86. The molecule has 1 atom stereocenters. The lowest BCUT2D eigenvalue weighted by atomic mass is 9.91. The molecule has 2 fully saturated rings. The predicted molar refractivity (Wildman–Crippen MR) is 118 cm³/mol. The summed E-state index contributed by atoms with van der Waals surface area (Å²) in [4.78, 5) is 26.8. The van der Waals surface area contributed by atoms with Crippen molar-refractivity contribution in [2.24, 2.45) is 11.3 Å². The van der Waals surface area contributed by atoms with Gasteiger partial charge in [-0.25, -0.2) is 4.98 Å². The van der Waals surface area contributed by atoms with Crippen molar-refractivity contribution in [3.63, 3.8) is 0 Å². The Hall–Kier alpha value is -1.89. The average Bonchev–Trinajstić information content (AvgIpc) is 3.24. The van der Waals surface area contributed by atoms with E-state index in [1.807, 2.05) is 27.1 Å². The zero-order valence-electron chi connectivity index (χ0n) is 18.4. The lowest BCUT2D eigenvalue weighted by Crippen LogP contribution is -2.45. The predicted octanol–water partition coefficient (Wildman–Crippen LogP) is 3.03. The maximum atomic E-state index is 13.1. The van der Waals surface area contributed by atoms with Gasteiger partial charge in [-0.3, -0.25) is 4.79 Å². The summed E-state index contributed by atoms with van der Waals surface area (Å²) >= 11 is 0. The summed E-state index contributed by atoms with van der Waals surface area (Å²) in [6.07, 6.45) is 9.04. The minimum atomic E-state index is -0.450. The Morgan fingerprint density at radius 2 is 1.90 bits per heavy atom. The first kappa shape index (κ1) is 20.4. The van der Waals surface area contributed by atoms with E-state index in [0.717, 1.165) is 24.6 Å². The van der Waals surface area contributed by atoms with Gasteiger partial charge >= 0.3 is 0 Å². The molecule has 160 valence electrons. The SMILES string of the molecule is C[C@@H](Nc1ncc2c(n1)N(C1CCCC1)CC(C)(C)C(=O)N2C)C1CCNCC1. The molecule has 0 bridgehead atoms. The van der Waals surface area contributed by atoms with Crippen molar-refractivity contribution < 1.29 is 4.79 Å². The molecule has 0 aromatic carbocycles. The van der Waals surface area contributed by atoms with Crippen molar-refractivity contribution in [2.75, 3.05) is 41.8 Å². The van der Waals surface area contributed by atoms with Gasteiger partial charge in [0.2, 0.25) is 11.9 Å². The fourth-order valence-electron chi connectivity index (χ4n) is 5.20. The molecule has 0 unspecified atom stereocenters. The maximum Gasteiger partial charge on any atom is 0.234 e. The molecule has 3 aliphatic rings. The molecule has 1 aromatic rings. The monoisotopic (exact) mass is 400 g/mol. The van der Waals surface area contributed by atoms with Gasteiger partial charge in [-0.15, -0.1) is 0 Å². The first-order chi connectivity index (χ1) is 13.9. The minimum Gasteiger partial charge on any atom is -0.351 e. The molecule has 1 aliphatic carbocycles. The van der Waals surface area contributed by atoms with Crippen molar-refractivity contribution in [1.82, 2.24) is 15.3 Å². The van der Waals surface area contributed by atoms with E-state index in [9.17, 15) is 4.79 Å². The van der Waals surface area contributed by atoms with Crippen LogP contribution in [0.4, 0.5) is 17.5 Å². The summed E-state index contributed by atoms with van der Waals surface area (Å²) in [5.74, 6) is 2.35. The molecule has 7 nitrogen and oxygen atoms in total. The number of amides is 1. The first-order valence-electron chi connectivity index (χ1n) is 11.3. The molecule has 1 saturated carbocycles. The number of hydrogen-bond donors (Lipinski definition) is 2. The van der Waals surface area contributed by atoms with Crippen molar-refractivity contribution in [2.45, 2.75) is 71.4 Å². The highest BCUT2D eigenvalue weighted by molar-refractivity contribution is 6.00. The first-order valence-corrected chi connectivity index (χ1v) is 11.3. The third-order valence-electron chi connectivity index (χ3n) is 7.05. The molecule has 2 aliphatic heterocycles. The zero-order chi connectivity index (χ0) is 20.6.